The first-order valence-electron chi connectivity index (χ1n) is 2.06. The van der Waals surface area contributed by atoms with Crippen molar-refractivity contribution in [1.82, 2.24) is 5.43 Å². The summed E-state index contributed by atoms with van der Waals surface area (Å²) in [5, 5.41) is 3.69. The maximum atomic E-state index is 4.68. The van der Waals surface area contributed by atoms with Crippen LogP contribution in [0, 0.1) is 0 Å². The van der Waals surface area contributed by atoms with Gasteiger partial charge < -0.3 is 10.2 Å². The average Bonchev–Trinajstić information content (AvgIpc) is 1.68. The second kappa shape index (κ2) is 3.46. The highest BCUT2D eigenvalue weighted by molar-refractivity contribution is 5.72. The van der Waals surface area contributed by atoms with Crippen molar-refractivity contribution in [2.75, 3.05) is 14.2 Å². The number of nitrogens with zero attached hydrogens (tertiary/aromatic N) is 1. The van der Waals surface area contributed by atoms with E-state index < -0.39 is 0 Å². The summed E-state index contributed by atoms with van der Waals surface area (Å²) >= 11 is 0. The standard InChI is InChI=1S/C4H10N2O/c1-4(7-3)6-5-2/h5H,1-3H3. The Morgan fingerprint density at radius 2 is 2.29 bits per heavy atom. The van der Waals surface area contributed by atoms with Gasteiger partial charge in [-0.15, -0.1) is 5.10 Å². The van der Waals surface area contributed by atoms with Crippen LogP contribution in [0.3, 0.4) is 0 Å². The normalized spacial score (nSPS) is 11.0. The van der Waals surface area contributed by atoms with Crippen molar-refractivity contribution >= 4 is 5.90 Å². The Labute approximate surface area is 43.4 Å². The van der Waals surface area contributed by atoms with E-state index in [1.54, 1.807) is 21.1 Å². The summed E-state index contributed by atoms with van der Waals surface area (Å²) in [6.07, 6.45) is 0. The third kappa shape index (κ3) is 3.09. The van der Waals surface area contributed by atoms with E-state index in [2.05, 4.69) is 15.3 Å². The van der Waals surface area contributed by atoms with E-state index in [1.165, 1.54) is 0 Å². The lowest BCUT2D eigenvalue weighted by atomic mass is 10.8. The topological polar surface area (TPSA) is 33.6 Å². The first-order valence-corrected chi connectivity index (χ1v) is 2.06. The van der Waals surface area contributed by atoms with Gasteiger partial charge in [-0.1, -0.05) is 0 Å². The fraction of sp³-hybridized carbons (Fsp3) is 0.750. The molecule has 0 fully saturated rings. The highest BCUT2D eigenvalue weighted by atomic mass is 16.5. The van der Waals surface area contributed by atoms with Crippen LogP contribution in [0.1, 0.15) is 6.92 Å². The number of rotatable bonds is 1. The smallest absolute Gasteiger partial charge is 0.202 e. The molecule has 0 radical (unpaired) electrons. The summed E-state index contributed by atoms with van der Waals surface area (Å²) in [6.45, 7) is 1.77. The number of hydrazone groups is 1. The molecule has 3 heteroatoms. The minimum absolute atomic E-state index is 0.641. The van der Waals surface area contributed by atoms with Gasteiger partial charge in [0.15, 0.2) is 0 Å². The first-order chi connectivity index (χ1) is 3.31. The van der Waals surface area contributed by atoms with Gasteiger partial charge in [-0.2, -0.15) is 0 Å². The second-order valence-corrected chi connectivity index (χ2v) is 1.06. The van der Waals surface area contributed by atoms with E-state index in [4.69, 9.17) is 0 Å². The fourth-order valence-corrected chi connectivity index (χ4v) is 0.203. The number of hydrogen-bond acceptors (Lipinski definition) is 3. The quantitative estimate of drug-likeness (QED) is 0.291. The molecule has 3 nitrogen and oxygen atoms in total. The predicted molar refractivity (Wildman–Crippen MR) is 29.2 cm³/mol. The largest absolute Gasteiger partial charge is 0.483 e. The summed E-state index contributed by atoms with van der Waals surface area (Å²) in [5.41, 5.74) is 2.58. The van der Waals surface area contributed by atoms with Crippen LogP contribution in [-0.4, -0.2) is 20.1 Å². The molecule has 0 rings (SSSR count). The molecule has 0 aliphatic carbocycles. The van der Waals surface area contributed by atoms with E-state index in [1.807, 2.05) is 0 Å². The molecule has 0 bridgehead atoms. The van der Waals surface area contributed by atoms with Gasteiger partial charge in [0.1, 0.15) is 0 Å². The maximum Gasteiger partial charge on any atom is 0.202 e. The predicted octanol–water partition coefficient (Wildman–Crippen LogP) is 0.186. The monoisotopic (exact) mass is 102 g/mol. The number of nitrogens with one attached hydrogen (secondary N) is 1. The zero-order valence-electron chi connectivity index (χ0n) is 4.86. The molecule has 0 aliphatic rings. The van der Waals surface area contributed by atoms with Gasteiger partial charge >= 0.3 is 0 Å². The highest BCUT2D eigenvalue weighted by Crippen LogP contribution is 1.69. The minimum Gasteiger partial charge on any atom is -0.483 e. The third-order valence-corrected chi connectivity index (χ3v) is 0.565. The molecule has 7 heavy (non-hydrogen) atoms. The lowest BCUT2D eigenvalue weighted by molar-refractivity contribution is 0.395. The van der Waals surface area contributed by atoms with Crippen LogP contribution in [0.15, 0.2) is 5.10 Å². The van der Waals surface area contributed by atoms with Gasteiger partial charge in [0.05, 0.1) is 7.11 Å². The molecule has 0 aliphatic heterocycles. The Balaban J connectivity index is 3.29. The van der Waals surface area contributed by atoms with Crippen molar-refractivity contribution in [2.45, 2.75) is 6.92 Å². The molecule has 1 N–H and O–H groups in total. The summed E-state index contributed by atoms with van der Waals surface area (Å²) in [4.78, 5) is 0. The SMILES string of the molecule is CNN=C(C)OC. The number of hydrogen-bond donors (Lipinski definition) is 1. The van der Waals surface area contributed by atoms with E-state index in [-0.39, 0.29) is 0 Å². The van der Waals surface area contributed by atoms with Gasteiger partial charge in [0.25, 0.3) is 0 Å². The minimum atomic E-state index is 0.641. The molecular weight excluding hydrogens is 92.1 g/mol. The van der Waals surface area contributed by atoms with Crippen LogP contribution in [-0.2, 0) is 4.74 Å². The van der Waals surface area contributed by atoms with Crippen LogP contribution in [0.2, 0.25) is 0 Å². The molecule has 0 heterocycles. The van der Waals surface area contributed by atoms with Crippen molar-refractivity contribution in [3.63, 3.8) is 0 Å². The molecular formula is C4H10N2O. The molecule has 0 amide bonds. The summed E-state index contributed by atoms with van der Waals surface area (Å²) in [6, 6.07) is 0. The van der Waals surface area contributed by atoms with Gasteiger partial charge in [-0.3, -0.25) is 0 Å². The van der Waals surface area contributed by atoms with Crippen LogP contribution in [0.5, 0.6) is 0 Å². The lowest BCUT2D eigenvalue weighted by Gasteiger charge is -1.93. The van der Waals surface area contributed by atoms with Crippen LogP contribution >= 0.6 is 0 Å². The molecule has 0 saturated carbocycles. The van der Waals surface area contributed by atoms with Gasteiger partial charge in [0.2, 0.25) is 5.90 Å². The van der Waals surface area contributed by atoms with E-state index in [9.17, 15) is 0 Å². The number of methoxy groups -OCH3 is 1. The maximum absolute atomic E-state index is 4.68. The van der Waals surface area contributed by atoms with Crippen molar-refractivity contribution in [1.29, 1.82) is 0 Å². The summed E-state index contributed by atoms with van der Waals surface area (Å²) in [7, 11) is 3.30. The van der Waals surface area contributed by atoms with E-state index in [0.29, 0.717) is 5.90 Å². The Hall–Kier alpha value is -0.730. The zero-order chi connectivity index (χ0) is 5.70. The fourth-order valence-electron chi connectivity index (χ4n) is 0.203. The first kappa shape index (κ1) is 6.27. The molecule has 0 atom stereocenters. The van der Waals surface area contributed by atoms with Crippen molar-refractivity contribution < 1.29 is 4.74 Å². The average molecular weight is 102 g/mol. The molecule has 0 unspecified atom stereocenters. The Bertz CT molecular complexity index is 70.1. The molecule has 0 spiro atoms. The molecule has 0 saturated heterocycles. The van der Waals surface area contributed by atoms with Crippen molar-refractivity contribution in [2.24, 2.45) is 5.10 Å². The molecule has 42 valence electrons. The van der Waals surface area contributed by atoms with Gasteiger partial charge in [-0.05, 0) is 0 Å². The molecule has 0 aromatic carbocycles. The summed E-state index contributed by atoms with van der Waals surface area (Å²) in [5.74, 6) is 0.641. The van der Waals surface area contributed by atoms with Crippen LogP contribution in [0.25, 0.3) is 0 Å². The van der Waals surface area contributed by atoms with Gasteiger partial charge in [-0.25, -0.2) is 0 Å². The summed E-state index contributed by atoms with van der Waals surface area (Å²) < 4.78 is 4.68. The van der Waals surface area contributed by atoms with Gasteiger partial charge in [0, 0.05) is 14.0 Å². The second-order valence-electron chi connectivity index (χ2n) is 1.06. The van der Waals surface area contributed by atoms with E-state index >= 15 is 0 Å². The Kier molecular flexibility index (Phi) is 3.10. The van der Waals surface area contributed by atoms with Crippen LogP contribution in [0.4, 0.5) is 0 Å². The number of ether oxygens (including phenoxy) is 1. The Morgan fingerprint density at radius 3 is 2.43 bits per heavy atom. The van der Waals surface area contributed by atoms with Crippen molar-refractivity contribution in [3.05, 3.63) is 0 Å². The zero-order valence-corrected chi connectivity index (χ0v) is 4.86. The lowest BCUT2D eigenvalue weighted by Crippen LogP contribution is -2.02. The van der Waals surface area contributed by atoms with Crippen LogP contribution < -0.4 is 5.43 Å². The molecule has 0 aromatic rings. The van der Waals surface area contributed by atoms with Crippen molar-refractivity contribution in [3.8, 4) is 0 Å². The highest BCUT2D eigenvalue weighted by Gasteiger charge is 1.77. The third-order valence-electron chi connectivity index (χ3n) is 0.565. The molecule has 0 aromatic heterocycles. The Morgan fingerprint density at radius 1 is 1.71 bits per heavy atom. The van der Waals surface area contributed by atoms with E-state index in [0.717, 1.165) is 0 Å².